The van der Waals surface area contributed by atoms with E-state index in [1.54, 1.807) is 12.1 Å². The van der Waals surface area contributed by atoms with Gasteiger partial charge in [0.15, 0.2) is 0 Å². The highest BCUT2D eigenvalue weighted by Crippen LogP contribution is 2.31. The van der Waals surface area contributed by atoms with Crippen LogP contribution in [-0.4, -0.2) is 33.2 Å². The number of nitrogens with one attached hydrogen (secondary N) is 2. The van der Waals surface area contributed by atoms with Crippen LogP contribution in [0.5, 0.6) is 0 Å². The van der Waals surface area contributed by atoms with Gasteiger partial charge in [0.2, 0.25) is 0 Å². The first kappa shape index (κ1) is 14.3. The average molecular weight is 274 g/mol. The van der Waals surface area contributed by atoms with Crippen LogP contribution in [0.2, 0.25) is 0 Å². The van der Waals surface area contributed by atoms with Gasteiger partial charge in [-0.05, 0) is 6.07 Å². The van der Waals surface area contributed by atoms with E-state index in [2.05, 4.69) is 7.05 Å². The quantitative estimate of drug-likeness (QED) is 0.752. The van der Waals surface area contributed by atoms with E-state index in [4.69, 9.17) is 0 Å². The minimum absolute atomic E-state index is 0.421. The second-order valence-corrected chi connectivity index (χ2v) is 5.39. The second-order valence-electron chi connectivity index (χ2n) is 5.39. The molecule has 2 nitrogen and oxygen atoms in total. The van der Waals surface area contributed by atoms with Gasteiger partial charge in [0.25, 0.3) is 0 Å². The van der Waals surface area contributed by atoms with Crippen LogP contribution >= 0.6 is 0 Å². The predicted octanol–water partition coefficient (Wildman–Crippen LogP) is 0.00870. The lowest BCUT2D eigenvalue weighted by Gasteiger charge is -2.19. The topological polar surface area (TPSA) is 8.88 Å². The minimum atomic E-state index is -4.25. The molecule has 0 spiro atoms. The molecule has 1 fully saturated rings. The Morgan fingerprint density at radius 1 is 1.05 bits per heavy atom. The first-order valence-corrected chi connectivity index (χ1v) is 6.77. The highest BCUT2D eigenvalue weighted by atomic mass is 19.4. The third-order valence-electron chi connectivity index (χ3n) is 3.80. The number of quaternary nitrogens is 2. The molecule has 1 aromatic carbocycles. The fraction of sp³-hybridized carbons (Fsp3) is 0.571. The normalized spacial score (nSPS) is 25.1. The van der Waals surface area contributed by atoms with Crippen LogP contribution in [0.25, 0.3) is 0 Å². The summed E-state index contributed by atoms with van der Waals surface area (Å²) in [5, 5.41) is 0. The van der Waals surface area contributed by atoms with E-state index in [1.165, 1.54) is 21.9 Å². The van der Waals surface area contributed by atoms with Crippen molar-refractivity contribution in [3.05, 3.63) is 35.4 Å². The molecule has 1 heterocycles. The predicted molar refractivity (Wildman–Crippen MR) is 67.1 cm³/mol. The molecule has 1 aromatic rings. The Morgan fingerprint density at radius 2 is 1.79 bits per heavy atom. The minimum Gasteiger partial charge on any atom is -0.333 e. The zero-order valence-corrected chi connectivity index (χ0v) is 11.2. The van der Waals surface area contributed by atoms with Crippen LogP contribution in [0.3, 0.4) is 0 Å². The van der Waals surface area contributed by atoms with Gasteiger partial charge >= 0.3 is 6.18 Å². The summed E-state index contributed by atoms with van der Waals surface area (Å²) in [6.45, 7) is 4.53. The number of halogens is 3. The van der Waals surface area contributed by atoms with Crippen molar-refractivity contribution >= 4 is 0 Å². The Bertz CT molecular complexity index is 417. The molecule has 1 aliphatic heterocycles. The summed E-state index contributed by atoms with van der Waals surface area (Å²) >= 11 is 0. The summed E-state index contributed by atoms with van der Waals surface area (Å²) in [7, 11) is 2.15. The lowest BCUT2D eigenvalue weighted by atomic mass is 10.1. The summed E-state index contributed by atoms with van der Waals surface area (Å²) in [6, 6.07) is 5.95. The van der Waals surface area contributed by atoms with E-state index < -0.39 is 11.7 Å². The van der Waals surface area contributed by atoms with E-state index in [0.717, 1.165) is 32.6 Å². The van der Waals surface area contributed by atoms with Gasteiger partial charge in [-0.25, -0.2) is 0 Å². The van der Waals surface area contributed by atoms with Gasteiger partial charge in [0.05, 0.1) is 25.7 Å². The summed E-state index contributed by atoms with van der Waals surface area (Å²) in [4.78, 5) is 2.73. The van der Waals surface area contributed by atoms with Crippen molar-refractivity contribution in [2.24, 2.45) is 0 Å². The molecule has 0 radical (unpaired) electrons. The van der Waals surface area contributed by atoms with Gasteiger partial charge in [0.1, 0.15) is 19.6 Å². The maximum Gasteiger partial charge on any atom is 0.416 e. The Balaban J connectivity index is 2.10. The number of alkyl halides is 3. The molecule has 106 valence electrons. The molecule has 2 N–H and O–H groups in total. The summed E-state index contributed by atoms with van der Waals surface area (Å²) < 4.78 is 38.8. The van der Waals surface area contributed by atoms with E-state index in [9.17, 15) is 13.2 Å². The maximum atomic E-state index is 12.9. The van der Waals surface area contributed by atoms with Crippen molar-refractivity contribution in [3.63, 3.8) is 0 Å². The van der Waals surface area contributed by atoms with Crippen molar-refractivity contribution in [2.45, 2.75) is 19.1 Å². The van der Waals surface area contributed by atoms with Gasteiger partial charge in [-0.3, -0.25) is 0 Å². The Morgan fingerprint density at radius 3 is 2.53 bits per heavy atom. The van der Waals surface area contributed by atoms with E-state index in [0.29, 0.717) is 12.1 Å². The lowest BCUT2D eigenvalue weighted by Crippen LogP contribution is -3.15. The van der Waals surface area contributed by atoms with Gasteiger partial charge < -0.3 is 9.80 Å². The summed E-state index contributed by atoms with van der Waals surface area (Å²) in [6.07, 6.45) is -3.17. The smallest absolute Gasteiger partial charge is 0.333 e. The highest BCUT2D eigenvalue weighted by Gasteiger charge is 2.34. The van der Waals surface area contributed by atoms with Crippen LogP contribution in [-0.2, 0) is 12.7 Å². The Hall–Kier alpha value is -1.07. The van der Waals surface area contributed by atoms with E-state index >= 15 is 0 Å². The number of likely N-dealkylation sites (N-methyl/N-ethyl adjacent to an activating group) is 1. The molecule has 5 heteroatoms. The third kappa shape index (κ3) is 3.94. The van der Waals surface area contributed by atoms with Gasteiger partial charge in [0, 0.05) is 12.0 Å². The van der Waals surface area contributed by atoms with Crippen LogP contribution < -0.4 is 9.80 Å². The molecule has 2 atom stereocenters. The van der Waals surface area contributed by atoms with Crippen molar-refractivity contribution in [3.8, 4) is 0 Å². The van der Waals surface area contributed by atoms with Crippen molar-refractivity contribution < 1.29 is 23.0 Å². The number of benzene rings is 1. The maximum absolute atomic E-state index is 12.9. The standard InChI is InChI=1S/C14H19F3N2/c1-18-7-4-8-19(10-9-18)11-12-5-2-3-6-13(12)14(15,16)17/h2-3,5-6H,4,7-11H2,1H3/p+2. The fourth-order valence-corrected chi connectivity index (χ4v) is 2.68. The molecule has 2 unspecified atom stereocenters. The average Bonchev–Trinajstić information content (AvgIpc) is 2.54. The molecule has 1 saturated heterocycles. The molecule has 0 aromatic heterocycles. The Labute approximate surface area is 111 Å². The van der Waals surface area contributed by atoms with Crippen LogP contribution in [0, 0.1) is 0 Å². The van der Waals surface area contributed by atoms with Gasteiger partial charge in [-0.2, -0.15) is 13.2 Å². The van der Waals surface area contributed by atoms with Crippen molar-refractivity contribution in [1.82, 2.24) is 0 Å². The molecular formula is C14H21F3N2+2. The van der Waals surface area contributed by atoms with Gasteiger partial charge in [-0.1, -0.05) is 18.2 Å². The SMILES string of the molecule is C[NH+]1CCC[NH+](Cc2ccccc2C(F)(F)F)CC1. The monoisotopic (exact) mass is 274 g/mol. The third-order valence-corrected chi connectivity index (χ3v) is 3.80. The highest BCUT2D eigenvalue weighted by molar-refractivity contribution is 5.28. The van der Waals surface area contributed by atoms with E-state index in [1.807, 2.05) is 0 Å². The van der Waals surface area contributed by atoms with Crippen molar-refractivity contribution in [1.29, 1.82) is 0 Å². The first-order chi connectivity index (χ1) is 8.97. The molecule has 2 rings (SSSR count). The summed E-state index contributed by atoms with van der Waals surface area (Å²) in [5.74, 6) is 0. The van der Waals surface area contributed by atoms with Crippen LogP contribution in [0.4, 0.5) is 13.2 Å². The zero-order valence-electron chi connectivity index (χ0n) is 11.2. The van der Waals surface area contributed by atoms with Crippen molar-refractivity contribution in [2.75, 3.05) is 33.2 Å². The molecular weight excluding hydrogens is 253 g/mol. The fourth-order valence-electron chi connectivity index (χ4n) is 2.68. The Kier molecular flexibility index (Phi) is 4.47. The second kappa shape index (κ2) is 5.92. The summed E-state index contributed by atoms with van der Waals surface area (Å²) in [5.41, 5.74) is -0.0583. The van der Waals surface area contributed by atoms with Gasteiger partial charge in [-0.15, -0.1) is 0 Å². The first-order valence-electron chi connectivity index (χ1n) is 6.77. The molecule has 19 heavy (non-hydrogen) atoms. The number of rotatable bonds is 2. The molecule has 0 aliphatic carbocycles. The lowest BCUT2D eigenvalue weighted by molar-refractivity contribution is -0.938. The van der Waals surface area contributed by atoms with Crippen LogP contribution in [0.15, 0.2) is 24.3 Å². The molecule has 0 saturated carbocycles. The molecule has 0 amide bonds. The number of hydrogen-bond donors (Lipinski definition) is 2. The molecule has 0 bridgehead atoms. The number of hydrogen-bond acceptors (Lipinski definition) is 0. The van der Waals surface area contributed by atoms with E-state index in [-0.39, 0.29) is 0 Å². The molecule has 1 aliphatic rings. The largest absolute Gasteiger partial charge is 0.416 e. The van der Waals surface area contributed by atoms with Crippen LogP contribution in [0.1, 0.15) is 17.5 Å². The zero-order chi connectivity index (χ0) is 13.9.